The summed E-state index contributed by atoms with van der Waals surface area (Å²) < 4.78 is 9.34. The average molecular weight is 941 g/mol. The van der Waals surface area contributed by atoms with Gasteiger partial charge in [-0.1, -0.05) is 133 Å². The molecule has 0 aliphatic rings. The number of nitrogens with zero attached hydrogens (tertiary/aromatic N) is 6. The molecule has 0 saturated carbocycles. The molecule has 0 fully saturated rings. The van der Waals surface area contributed by atoms with E-state index < -0.39 is 0 Å². The normalized spacial score (nSPS) is 11.8. The molecule has 0 spiro atoms. The van der Waals surface area contributed by atoms with Crippen LogP contribution in [0.5, 0.6) is 0 Å². The van der Waals surface area contributed by atoms with Gasteiger partial charge in [-0.15, -0.1) is 0 Å². The molecule has 0 atom stereocenters. The fourth-order valence-corrected chi connectivity index (χ4v) is 12.0. The maximum atomic E-state index is 10.9. The van der Waals surface area contributed by atoms with E-state index in [0.717, 1.165) is 77.5 Å². The molecule has 0 bridgehead atoms. The number of hydrogen-bond acceptors (Lipinski definition) is 2. The van der Waals surface area contributed by atoms with Crippen molar-refractivity contribution in [3.63, 3.8) is 0 Å². The van der Waals surface area contributed by atoms with Gasteiger partial charge in [-0.05, 0) is 120 Å². The lowest BCUT2D eigenvalue weighted by Crippen LogP contribution is -1.98. The highest BCUT2D eigenvalue weighted by Gasteiger charge is 2.21. The molecule has 4 aromatic heterocycles. The third kappa shape index (κ3) is 6.04. The maximum Gasteiger partial charge on any atom is 0.0998 e. The minimum atomic E-state index is 0.494. The van der Waals surface area contributed by atoms with Gasteiger partial charge in [-0.3, -0.25) is 0 Å². The van der Waals surface area contributed by atoms with Crippen molar-refractivity contribution in [3.05, 3.63) is 254 Å². The predicted molar refractivity (Wildman–Crippen MR) is 304 cm³/mol. The molecular formula is C68H40N6. The third-order valence-corrected chi connectivity index (χ3v) is 15.2. The van der Waals surface area contributed by atoms with Gasteiger partial charge >= 0.3 is 0 Å². The first kappa shape index (κ1) is 41.4. The van der Waals surface area contributed by atoms with Crippen LogP contribution >= 0.6 is 0 Å². The van der Waals surface area contributed by atoms with Crippen LogP contribution in [0.25, 0.3) is 132 Å². The van der Waals surface area contributed by atoms with Gasteiger partial charge in [0.05, 0.1) is 67.4 Å². The molecule has 15 aromatic rings. The molecule has 0 saturated heterocycles. The number of fused-ring (bicyclic) bond motifs is 12. The van der Waals surface area contributed by atoms with Crippen LogP contribution in [0.2, 0.25) is 0 Å². The molecule has 0 unspecified atom stereocenters. The molecule has 6 nitrogen and oxygen atoms in total. The molecular weight excluding hydrogens is 901 g/mol. The van der Waals surface area contributed by atoms with Crippen LogP contribution in [0.1, 0.15) is 11.1 Å². The van der Waals surface area contributed by atoms with Gasteiger partial charge in [0.25, 0.3) is 0 Å². The molecule has 342 valence electrons. The Hall–Kier alpha value is -10.4. The highest BCUT2D eigenvalue weighted by Crippen LogP contribution is 2.41. The van der Waals surface area contributed by atoms with Crippen molar-refractivity contribution < 1.29 is 0 Å². The lowest BCUT2D eigenvalue weighted by molar-refractivity contribution is 1.16. The molecule has 0 radical (unpaired) electrons. The second-order valence-electron chi connectivity index (χ2n) is 19.1. The van der Waals surface area contributed by atoms with Gasteiger partial charge in [0.1, 0.15) is 0 Å². The Morgan fingerprint density at radius 2 is 0.500 bits per heavy atom. The molecule has 4 heterocycles. The predicted octanol–water partition coefficient (Wildman–Crippen LogP) is 17.2. The first-order chi connectivity index (χ1) is 36.6. The lowest BCUT2D eigenvalue weighted by atomic mass is 9.91. The third-order valence-electron chi connectivity index (χ3n) is 15.2. The second kappa shape index (κ2) is 16.1. The molecule has 0 N–H and O–H groups in total. The number of hydrogen-bond donors (Lipinski definition) is 0. The summed E-state index contributed by atoms with van der Waals surface area (Å²) in [5, 5.41) is 31.3. The summed E-state index contributed by atoms with van der Waals surface area (Å²) in [6.07, 6.45) is 0. The van der Waals surface area contributed by atoms with E-state index >= 15 is 0 Å². The average Bonchev–Trinajstić information content (AvgIpc) is 4.19. The Morgan fingerprint density at radius 3 is 0.811 bits per heavy atom. The van der Waals surface area contributed by atoms with Crippen LogP contribution in [0.4, 0.5) is 0 Å². The first-order valence-corrected chi connectivity index (χ1v) is 24.9. The zero-order valence-corrected chi connectivity index (χ0v) is 39.8. The summed E-state index contributed by atoms with van der Waals surface area (Å²) in [6, 6.07) is 90.5. The van der Waals surface area contributed by atoms with Crippen molar-refractivity contribution in [2.45, 2.75) is 0 Å². The molecule has 0 amide bonds. The monoisotopic (exact) mass is 940 g/mol. The second-order valence-corrected chi connectivity index (χ2v) is 19.1. The standard InChI is InChI=1S/C68H40N6/c69-41-45-38-58(44-16-14-18-48(36-44)72-66-30-12-6-24-56(66)60-40-50(32-34-68(60)72)74-63-27-9-3-21-53(63)54-22-4-10-28-64(54)74)46(42-70)37-57(45)43-15-13-17-47(35-43)71-65-29-11-5-23-55(65)59-39-49(31-33-67(59)71)73-61-25-7-1-19-51(61)52-20-2-8-26-62(52)73/h1-40H. The van der Waals surface area contributed by atoms with E-state index in [2.05, 4.69) is 237 Å². The number of rotatable bonds is 6. The van der Waals surface area contributed by atoms with E-state index in [9.17, 15) is 10.5 Å². The quantitative estimate of drug-likeness (QED) is 0.167. The minimum absolute atomic E-state index is 0.494. The van der Waals surface area contributed by atoms with E-state index in [0.29, 0.717) is 22.3 Å². The van der Waals surface area contributed by atoms with Crippen molar-refractivity contribution in [1.82, 2.24) is 18.3 Å². The largest absolute Gasteiger partial charge is 0.309 e. The van der Waals surface area contributed by atoms with Crippen molar-refractivity contribution in [3.8, 4) is 57.1 Å². The smallest absolute Gasteiger partial charge is 0.0998 e. The van der Waals surface area contributed by atoms with Crippen LogP contribution in [0.15, 0.2) is 243 Å². The molecule has 11 aromatic carbocycles. The first-order valence-electron chi connectivity index (χ1n) is 24.9. The highest BCUT2D eigenvalue weighted by atomic mass is 15.0. The summed E-state index contributed by atoms with van der Waals surface area (Å²) >= 11 is 0. The SMILES string of the molecule is N#Cc1cc(-c2cccc(-n3c4ccccc4c4cc(-n5c6ccccc6c6ccccc65)ccc43)c2)c(C#N)cc1-c1cccc(-n2c3ccccc3c3cc(-n4c5ccccc5c5ccccc54)ccc32)c1. The number of aromatic nitrogens is 4. The zero-order chi connectivity index (χ0) is 49.0. The van der Waals surface area contributed by atoms with E-state index in [1.165, 1.54) is 43.6 Å². The van der Waals surface area contributed by atoms with Gasteiger partial charge in [-0.25, -0.2) is 0 Å². The van der Waals surface area contributed by atoms with Crippen molar-refractivity contribution in [2.24, 2.45) is 0 Å². The molecule has 15 rings (SSSR count). The van der Waals surface area contributed by atoms with E-state index in [4.69, 9.17) is 0 Å². The summed E-state index contributed by atoms with van der Waals surface area (Å²) in [5.41, 5.74) is 17.2. The Kier molecular flexibility index (Phi) is 8.99. The molecule has 0 aliphatic carbocycles. The summed E-state index contributed by atoms with van der Waals surface area (Å²) in [6.45, 7) is 0. The van der Waals surface area contributed by atoms with E-state index in [1.807, 2.05) is 36.4 Å². The van der Waals surface area contributed by atoms with E-state index in [1.54, 1.807) is 0 Å². The van der Waals surface area contributed by atoms with Crippen LogP contribution in [0, 0.1) is 22.7 Å². The zero-order valence-electron chi connectivity index (χ0n) is 39.8. The Morgan fingerprint density at radius 1 is 0.230 bits per heavy atom. The Bertz CT molecular complexity index is 4520. The fourth-order valence-electron chi connectivity index (χ4n) is 12.0. The lowest BCUT2D eigenvalue weighted by Gasteiger charge is -2.15. The van der Waals surface area contributed by atoms with Crippen LogP contribution in [-0.2, 0) is 0 Å². The number of benzene rings is 11. The summed E-state index contributed by atoms with van der Waals surface area (Å²) in [5.74, 6) is 0. The van der Waals surface area contributed by atoms with Crippen molar-refractivity contribution >= 4 is 87.2 Å². The van der Waals surface area contributed by atoms with Crippen molar-refractivity contribution in [2.75, 3.05) is 0 Å². The van der Waals surface area contributed by atoms with E-state index in [-0.39, 0.29) is 0 Å². The summed E-state index contributed by atoms with van der Waals surface area (Å²) in [4.78, 5) is 0. The Labute approximate surface area is 424 Å². The summed E-state index contributed by atoms with van der Waals surface area (Å²) in [7, 11) is 0. The van der Waals surface area contributed by atoms with Gasteiger partial charge in [0, 0.05) is 77.0 Å². The van der Waals surface area contributed by atoms with Gasteiger partial charge in [0.2, 0.25) is 0 Å². The molecule has 74 heavy (non-hydrogen) atoms. The molecule has 6 heteroatoms. The van der Waals surface area contributed by atoms with Crippen molar-refractivity contribution in [1.29, 1.82) is 10.5 Å². The van der Waals surface area contributed by atoms with Gasteiger partial charge in [-0.2, -0.15) is 10.5 Å². The molecule has 0 aliphatic heterocycles. The van der Waals surface area contributed by atoms with Gasteiger partial charge < -0.3 is 18.3 Å². The topological polar surface area (TPSA) is 67.3 Å². The number of nitriles is 2. The Balaban J connectivity index is 0.828. The minimum Gasteiger partial charge on any atom is -0.309 e. The number of para-hydroxylation sites is 6. The van der Waals surface area contributed by atoms with Crippen LogP contribution < -0.4 is 0 Å². The van der Waals surface area contributed by atoms with Crippen LogP contribution in [0.3, 0.4) is 0 Å². The van der Waals surface area contributed by atoms with Gasteiger partial charge in [0.15, 0.2) is 0 Å². The highest BCUT2D eigenvalue weighted by molar-refractivity contribution is 6.14. The fraction of sp³-hybridized carbons (Fsp3) is 0. The van der Waals surface area contributed by atoms with Crippen LogP contribution in [-0.4, -0.2) is 18.3 Å². The maximum absolute atomic E-state index is 10.9.